The Morgan fingerprint density at radius 3 is 2.78 bits per heavy atom. The van der Waals surface area contributed by atoms with Crippen LogP contribution in [0, 0.1) is 0 Å². The summed E-state index contributed by atoms with van der Waals surface area (Å²) < 4.78 is 5.72. The average Bonchev–Trinajstić information content (AvgIpc) is 2.38. The molecule has 100 valence electrons. The van der Waals surface area contributed by atoms with Crippen LogP contribution in [0.5, 0.6) is 0 Å². The predicted molar refractivity (Wildman–Crippen MR) is 71.3 cm³/mol. The Kier molecular flexibility index (Phi) is 4.66. The summed E-state index contributed by atoms with van der Waals surface area (Å²) in [4.78, 5) is 8.60. The summed E-state index contributed by atoms with van der Waals surface area (Å²) in [6.07, 6.45) is 11.0. The van der Waals surface area contributed by atoms with E-state index in [0.717, 1.165) is 37.9 Å². The molecule has 18 heavy (non-hydrogen) atoms. The first-order chi connectivity index (χ1) is 8.79. The van der Waals surface area contributed by atoms with Gasteiger partial charge in [0.05, 0.1) is 17.3 Å². The molecule has 0 aromatic carbocycles. The molecule has 0 spiro atoms. The normalized spacial score (nSPS) is 19.2. The number of nitrogens with zero attached hydrogens (tertiary/aromatic N) is 2. The van der Waals surface area contributed by atoms with E-state index in [4.69, 9.17) is 4.74 Å². The van der Waals surface area contributed by atoms with E-state index in [9.17, 15) is 0 Å². The van der Waals surface area contributed by atoms with Gasteiger partial charge in [-0.05, 0) is 38.6 Å². The first kappa shape index (κ1) is 13.4. The van der Waals surface area contributed by atoms with Crippen molar-refractivity contribution < 1.29 is 4.74 Å². The van der Waals surface area contributed by atoms with E-state index in [1.807, 2.05) is 13.3 Å². The Labute approximate surface area is 109 Å². The molecule has 0 amide bonds. The van der Waals surface area contributed by atoms with Crippen molar-refractivity contribution in [3.63, 3.8) is 0 Å². The van der Waals surface area contributed by atoms with Crippen LogP contribution in [0.15, 0.2) is 18.6 Å². The van der Waals surface area contributed by atoms with Gasteiger partial charge in [-0.25, -0.2) is 0 Å². The molecule has 0 saturated heterocycles. The van der Waals surface area contributed by atoms with Crippen LogP contribution in [0.3, 0.4) is 0 Å². The Morgan fingerprint density at radius 1 is 1.44 bits per heavy atom. The van der Waals surface area contributed by atoms with Crippen LogP contribution in [0.4, 0.5) is 0 Å². The number of rotatable bonds is 7. The molecule has 4 heteroatoms. The largest absolute Gasteiger partial charge is 0.378 e. The quantitative estimate of drug-likeness (QED) is 0.806. The monoisotopic (exact) mass is 249 g/mol. The molecule has 4 nitrogen and oxygen atoms in total. The van der Waals surface area contributed by atoms with Crippen LogP contribution in [0.25, 0.3) is 0 Å². The van der Waals surface area contributed by atoms with Crippen LogP contribution < -0.4 is 5.32 Å². The first-order valence-corrected chi connectivity index (χ1v) is 6.84. The van der Waals surface area contributed by atoms with E-state index in [1.54, 1.807) is 12.4 Å². The lowest BCUT2D eigenvalue weighted by Crippen LogP contribution is -2.43. The molecule has 1 aromatic rings. The zero-order valence-electron chi connectivity index (χ0n) is 11.4. The molecule has 1 fully saturated rings. The van der Waals surface area contributed by atoms with Crippen molar-refractivity contribution in [1.82, 2.24) is 15.3 Å². The van der Waals surface area contributed by atoms with Crippen LogP contribution in [0.2, 0.25) is 0 Å². The lowest BCUT2D eigenvalue weighted by atomic mass is 9.75. The van der Waals surface area contributed by atoms with E-state index >= 15 is 0 Å². The molecule has 0 bridgehead atoms. The molecule has 2 rings (SSSR count). The second-order valence-corrected chi connectivity index (χ2v) is 5.08. The van der Waals surface area contributed by atoms with Gasteiger partial charge >= 0.3 is 0 Å². The Bertz CT molecular complexity index is 346. The highest BCUT2D eigenvalue weighted by atomic mass is 16.5. The van der Waals surface area contributed by atoms with Crippen molar-refractivity contribution in [2.24, 2.45) is 0 Å². The maximum atomic E-state index is 5.72. The maximum Gasteiger partial charge on any atom is 0.0757 e. The summed E-state index contributed by atoms with van der Waals surface area (Å²) in [5.74, 6) is 0. The zero-order chi connectivity index (χ0) is 12.8. The smallest absolute Gasteiger partial charge is 0.0757 e. The summed E-state index contributed by atoms with van der Waals surface area (Å²) in [6, 6.07) is 0.249. The minimum atomic E-state index is 0.0585. The third kappa shape index (κ3) is 3.06. The first-order valence-electron chi connectivity index (χ1n) is 6.84. The summed E-state index contributed by atoms with van der Waals surface area (Å²) in [5, 5.41) is 3.56. The van der Waals surface area contributed by atoms with Gasteiger partial charge < -0.3 is 10.1 Å². The van der Waals surface area contributed by atoms with Gasteiger partial charge in [-0.15, -0.1) is 0 Å². The van der Waals surface area contributed by atoms with Crippen molar-refractivity contribution in [3.05, 3.63) is 24.3 Å². The Morgan fingerprint density at radius 2 is 2.28 bits per heavy atom. The molecule has 1 aliphatic rings. The molecular weight excluding hydrogens is 226 g/mol. The second-order valence-electron chi connectivity index (χ2n) is 5.08. The van der Waals surface area contributed by atoms with Gasteiger partial charge in [-0.2, -0.15) is 0 Å². The molecule has 1 aromatic heterocycles. The van der Waals surface area contributed by atoms with Crippen molar-refractivity contribution in [3.8, 4) is 0 Å². The Balaban J connectivity index is 2.05. The molecule has 0 radical (unpaired) electrons. The number of hydrogen-bond acceptors (Lipinski definition) is 4. The van der Waals surface area contributed by atoms with Gasteiger partial charge in [-0.1, -0.05) is 6.92 Å². The molecule has 0 aliphatic heterocycles. The van der Waals surface area contributed by atoms with E-state index in [1.165, 1.54) is 6.42 Å². The van der Waals surface area contributed by atoms with Crippen LogP contribution in [-0.4, -0.2) is 29.2 Å². The number of hydrogen-bond donors (Lipinski definition) is 1. The van der Waals surface area contributed by atoms with E-state index < -0.39 is 0 Å². The van der Waals surface area contributed by atoms with Gasteiger partial charge in [0.25, 0.3) is 0 Å². The van der Waals surface area contributed by atoms with Crippen molar-refractivity contribution in [1.29, 1.82) is 0 Å². The topological polar surface area (TPSA) is 47.0 Å². The molecule has 1 unspecified atom stereocenters. The van der Waals surface area contributed by atoms with E-state index in [2.05, 4.69) is 22.2 Å². The van der Waals surface area contributed by atoms with E-state index in [-0.39, 0.29) is 11.6 Å². The lowest BCUT2D eigenvalue weighted by molar-refractivity contribution is -0.0840. The van der Waals surface area contributed by atoms with E-state index in [0.29, 0.717) is 0 Å². The van der Waals surface area contributed by atoms with Crippen molar-refractivity contribution in [2.45, 2.75) is 50.7 Å². The SMILES string of the molecule is CCCNC(CC1(OC)CCC1)c1cnccn1. The maximum absolute atomic E-state index is 5.72. The molecule has 1 N–H and O–H groups in total. The van der Waals surface area contributed by atoms with Crippen molar-refractivity contribution in [2.75, 3.05) is 13.7 Å². The highest BCUT2D eigenvalue weighted by Crippen LogP contribution is 2.41. The molecule has 1 atom stereocenters. The van der Waals surface area contributed by atoms with Crippen molar-refractivity contribution >= 4 is 0 Å². The summed E-state index contributed by atoms with van der Waals surface area (Å²) in [7, 11) is 1.83. The summed E-state index contributed by atoms with van der Waals surface area (Å²) in [5.41, 5.74) is 1.08. The zero-order valence-corrected chi connectivity index (χ0v) is 11.4. The van der Waals surface area contributed by atoms with Crippen LogP contribution in [-0.2, 0) is 4.74 Å². The highest BCUT2D eigenvalue weighted by molar-refractivity contribution is 5.06. The Hall–Kier alpha value is -1.00. The van der Waals surface area contributed by atoms with Crippen LogP contribution in [0.1, 0.15) is 50.8 Å². The van der Waals surface area contributed by atoms with Gasteiger partial charge in [0.2, 0.25) is 0 Å². The fourth-order valence-corrected chi connectivity index (χ4v) is 2.53. The lowest BCUT2D eigenvalue weighted by Gasteiger charge is -2.42. The molecule has 1 saturated carbocycles. The minimum Gasteiger partial charge on any atom is -0.378 e. The highest BCUT2D eigenvalue weighted by Gasteiger charge is 2.39. The van der Waals surface area contributed by atoms with Gasteiger partial charge in [0, 0.05) is 25.7 Å². The third-order valence-electron chi connectivity index (χ3n) is 3.85. The number of ether oxygens (including phenoxy) is 1. The van der Waals surface area contributed by atoms with Gasteiger partial charge in [-0.3, -0.25) is 9.97 Å². The fourth-order valence-electron chi connectivity index (χ4n) is 2.53. The molecular formula is C14H23N3O. The minimum absolute atomic E-state index is 0.0585. The third-order valence-corrected chi connectivity index (χ3v) is 3.85. The number of aromatic nitrogens is 2. The second kappa shape index (κ2) is 6.25. The standard InChI is InChI=1S/C14H23N3O/c1-3-7-16-12(13-11-15-8-9-17-13)10-14(18-2)5-4-6-14/h8-9,11-12,16H,3-7,10H2,1-2H3. The van der Waals surface area contributed by atoms with Gasteiger partial charge in [0.15, 0.2) is 0 Å². The predicted octanol–water partition coefficient (Wildman–Crippen LogP) is 2.48. The summed E-state index contributed by atoms with van der Waals surface area (Å²) >= 11 is 0. The average molecular weight is 249 g/mol. The number of methoxy groups -OCH3 is 1. The molecule has 1 aliphatic carbocycles. The number of nitrogens with one attached hydrogen (secondary N) is 1. The fraction of sp³-hybridized carbons (Fsp3) is 0.714. The van der Waals surface area contributed by atoms with Crippen LogP contribution >= 0.6 is 0 Å². The summed E-state index contributed by atoms with van der Waals surface area (Å²) in [6.45, 7) is 3.18. The van der Waals surface area contributed by atoms with Gasteiger partial charge in [0.1, 0.15) is 0 Å². The molecule has 1 heterocycles.